The molecule has 146 valence electrons. The van der Waals surface area contributed by atoms with E-state index in [1.165, 1.54) is 51.4 Å². The first-order chi connectivity index (χ1) is 12.2. The maximum absolute atomic E-state index is 11.6. The normalized spacial score (nSPS) is 14.1. The molecule has 0 heterocycles. The quantitative estimate of drug-likeness (QED) is 0.263. The van der Waals surface area contributed by atoms with Crippen molar-refractivity contribution in [2.24, 2.45) is 0 Å². The highest BCUT2D eigenvalue weighted by atomic mass is 16.5. The van der Waals surface area contributed by atoms with Crippen molar-refractivity contribution in [3.8, 4) is 0 Å². The first-order valence-electron chi connectivity index (χ1n) is 10.6. The molecule has 1 fully saturated rings. The van der Waals surface area contributed by atoms with Gasteiger partial charge in [0.05, 0.1) is 6.61 Å². The van der Waals surface area contributed by atoms with E-state index in [-0.39, 0.29) is 18.0 Å². The summed E-state index contributed by atoms with van der Waals surface area (Å²) in [5, 5.41) is 0. The fourth-order valence-corrected chi connectivity index (χ4v) is 2.94. The molecule has 1 saturated carbocycles. The third-order valence-corrected chi connectivity index (χ3v) is 4.87. The molecule has 0 spiro atoms. The van der Waals surface area contributed by atoms with Crippen molar-refractivity contribution < 1.29 is 19.1 Å². The summed E-state index contributed by atoms with van der Waals surface area (Å²) in [5.74, 6) is -0.250. The minimum absolute atomic E-state index is 0.118. The van der Waals surface area contributed by atoms with Gasteiger partial charge in [0, 0.05) is 12.8 Å². The predicted octanol–water partition coefficient (Wildman–Crippen LogP) is 5.72. The van der Waals surface area contributed by atoms with Crippen LogP contribution in [0.5, 0.6) is 0 Å². The van der Waals surface area contributed by atoms with Gasteiger partial charge in [0.2, 0.25) is 0 Å². The summed E-state index contributed by atoms with van der Waals surface area (Å²) in [6, 6.07) is 0. The highest BCUT2D eigenvalue weighted by molar-refractivity contribution is 5.70. The van der Waals surface area contributed by atoms with Crippen LogP contribution >= 0.6 is 0 Å². The molecule has 0 unspecified atom stereocenters. The lowest BCUT2D eigenvalue weighted by Gasteiger charge is -2.25. The van der Waals surface area contributed by atoms with Gasteiger partial charge in [-0.2, -0.15) is 0 Å². The molecule has 4 heteroatoms. The smallest absolute Gasteiger partial charge is 0.306 e. The maximum atomic E-state index is 11.6. The monoisotopic (exact) mass is 354 g/mol. The zero-order valence-electron chi connectivity index (χ0n) is 16.2. The van der Waals surface area contributed by atoms with E-state index >= 15 is 0 Å². The van der Waals surface area contributed by atoms with Crippen molar-refractivity contribution in [2.45, 2.75) is 116 Å². The van der Waals surface area contributed by atoms with Crippen LogP contribution in [-0.4, -0.2) is 24.6 Å². The molecule has 1 rings (SSSR count). The van der Waals surface area contributed by atoms with E-state index in [1.807, 2.05) is 0 Å². The van der Waals surface area contributed by atoms with E-state index in [9.17, 15) is 9.59 Å². The van der Waals surface area contributed by atoms with Gasteiger partial charge in [-0.05, 0) is 38.5 Å². The van der Waals surface area contributed by atoms with Crippen molar-refractivity contribution in [3.05, 3.63) is 0 Å². The molecular weight excluding hydrogens is 316 g/mol. The molecule has 4 nitrogen and oxygen atoms in total. The van der Waals surface area contributed by atoms with Crippen LogP contribution in [0.3, 0.4) is 0 Å². The molecule has 0 N–H and O–H groups in total. The van der Waals surface area contributed by atoms with Crippen LogP contribution < -0.4 is 0 Å². The van der Waals surface area contributed by atoms with Gasteiger partial charge in [0.1, 0.15) is 6.10 Å². The Labute approximate surface area is 154 Å². The third-order valence-electron chi connectivity index (χ3n) is 4.87. The Bertz CT molecular complexity index is 350. The second-order valence-electron chi connectivity index (χ2n) is 7.30. The van der Waals surface area contributed by atoms with Gasteiger partial charge in [-0.3, -0.25) is 9.59 Å². The van der Waals surface area contributed by atoms with E-state index < -0.39 is 0 Å². The van der Waals surface area contributed by atoms with Gasteiger partial charge >= 0.3 is 11.9 Å². The molecule has 0 aromatic rings. The number of carbonyl (C=O) groups excluding carboxylic acids is 2. The largest absolute Gasteiger partial charge is 0.466 e. The number of rotatable bonds is 16. The maximum Gasteiger partial charge on any atom is 0.306 e. The van der Waals surface area contributed by atoms with Crippen LogP contribution in [0.4, 0.5) is 0 Å². The van der Waals surface area contributed by atoms with Crippen LogP contribution in [0.15, 0.2) is 0 Å². The van der Waals surface area contributed by atoms with Crippen LogP contribution in [0, 0.1) is 0 Å². The fourth-order valence-electron chi connectivity index (χ4n) is 2.94. The minimum atomic E-state index is -0.132. The molecule has 0 aromatic carbocycles. The van der Waals surface area contributed by atoms with E-state index in [2.05, 4.69) is 6.92 Å². The average molecular weight is 355 g/mol. The van der Waals surface area contributed by atoms with Gasteiger partial charge in [0.15, 0.2) is 0 Å². The lowest BCUT2D eigenvalue weighted by Crippen LogP contribution is -2.24. The molecule has 0 aromatic heterocycles. The van der Waals surface area contributed by atoms with Gasteiger partial charge in [-0.15, -0.1) is 0 Å². The SMILES string of the molecule is CCCCCCCCCCCOC(=O)CCCCC(=O)OC1CCC1. The Balaban J connectivity index is 1.78. The number of hydrogen-bond donors (Lipinski definition) is 0. The fraction of sp³-hybridized carbons (Fsp3) is 0.905. The Morgan fingerprint density at radius 1 is 0.760 bits per heavy atom. The zero-order valence-corrected chi connectivity index (χ0v) is 16.2. The molecule has 0 atom stereocenters. The first-order valence-corrected chi connectivity index (χ1v) is 10.6. The van der Waals surface area contributed by atoms with Crippen molar-refractivity contribution >= 4 is 11.9 Å². The van der Waals surface area contributed by atoms with Gasteiger partial charge in [0.25, 0.3) is 0 Å². The second-order valence-corrected chi connectivity index (χ2v) is 7.30. The third kappa shape index (κ3) is 12.9. The van der Waals surface area contributed by atoms with Crippen LogP contribution in [-0.2, 0) is 19.1 Å². The summed E-state index contributed by atoms with van der Waals surface area (Å²) >= 11 is 0. The Morgan fingerprint density at radius 2 is 1.32 bits per heavy atom. The summed E-state index contributed by atoms with van der Waals surface area (Å²) < 4.78 is 10.5. The first kappa shape index (κ1) is 22.0. The van der Waals surface area contributed by atoms with Crippen molar-refractivity contribution in [1.82, 2.24) is 0 Å². The summed E-state index contributed by atoms with van der Waals surface area (Å²) in [4.78, 5) is 23.1. The lowest BCUT2D eigenvalue weighted by molar-refractivity contribution is -0.153. The number of esters is 2. The highest BCUT2D eigenvalue weighted by Gasteiger charge is 2.21. The lowest BCUT2D eigenvalue weighted by atomic mass is 9.96. The number of unbranched alkanes of at least 4 members (excludes halogenated alkanes) is 9. The zero-order chi connectivity index (χ0) is 18.2. The highest BCUT2D eigenvalue weighted by Crippen LogP contribution is 2.22. The number of hydrogen-bond acceptors (Lipinski definition) is 4. The molecule has 0 saturated heterocycles. The summed E-state index contributed by atoms with van der Waals surface area (Å²) in [7, 11) is 0. The van der Waals surface area contributed by atoms with Crippen molar-refractivity contribution in [2.75, 3.05) is 6.61 Å². The molecule has 0 radical (unpaired) electrons. The molecule has 0 bridgehead atoms. The average Bonchev–Trinajstić information content (AvgIpc) is 2.57. The van der Waals surface area contributed by atoms with Crippen LogP contribution in [0.2, 0.25) is 0 Å². The molecule has 0 aliphatic heterocycles. The topological polar surface area (TPSA) is 52.6 Å². The Hall–Kier alpha value is -1.06. The van der Waals surface area contributed by atoms with Crippen molar-refractivity contribution in [3.63, 3.8) is 0 Å². The number of carbonyl (C=O) groups is 2. The summed E-state index contributed by atoms with van der Waals surface area (Å²) in [6.45, 7) is 2.78. The summed E-state index contributed by atoms with van der Waals surface area (Å²) in [6.07, 6.45) is 17.0. The summed E-state index contributed by atoms with van der Waals surface area (Å²) in [5.41, 5.74) is 0. The van der Waals surface area contributed by atoms with Gasteiger partial charge in [-0.25, -0.2) is 0 Å². The number of ether oxygens (including phenoxy) is 2. The van der Waals surface area contributed by atoms with E-state index in [1.54, 1.807) is 0 Å². The van der Waals surface area contributed by atoms with Crippen LogP contribution in [0.1, 0.15) is 110 Å². The second kappa shape index (κ2) is 15.2. The Morgan fingerprint density at radius 3 is 1.88 bits per heavy atom. The van der Waals surface area contributed by atoms with Crippen LogP contribution in [0.25, 0.3) is 0 Å². The molecule has 1 aliphatic rings. The molecular formula is C21H38O4. The predicted molar refractivity (Wildman–Crippen MR) is 100 cm³/mol. The molecule has 25 heavy (non-hydrogen) atoms. The standard InChI is InChI=1S/C21H38O4/c1-2-3-4-5-6-7-8-9-12-18-24-20(22)16-10-11-17-21(23)25-19-14-13-15-19/h19H,2-18H2,1H3. The van der Waals surface area contributed by atoms with E-state index in [0.717, 1.165) is 25.7 Å². The van der Waals surface area contributed by atoms with Gasteiger partial charge < -0.3 is 9.47 Å². The van der Waals surface area contributed by atoms with E-state index in [4.69, 9.17) is 9.47 Å². The minimum Gasteiger partial charge on any atom is -0.466 e. The Kier molecular flexibility index (Phi) is 13.4. The van der Waals surface area contributed by atoms with Crippen molar-refractivity contribution in [1.29, 1.82) is 0 Å². The van der Waals surface area contributed by atoms with E-state index in [0.29, 0.717) is 32.3 Å². The molecule has 1 aliphatic carbocycles. The van der Waals surface area contributed by atoms with Gasteiger partial charge in [-0.1, -0.05) is 58.3 Å². The molecule has 0 amide bonds.